The van der Waals surface area contributed by atoms with Gasteiger partial charge in [0, 0.05) is 30.4 Å². The zero-order chi connectivity index (χ0) is 20.5. The molecule has 2 aromatic rings. The molecule has 1 amide bonds. The second kappa shape index (κ2) is 11.0. The Balaban J connectivity index is 2.01. The second-order valence-electron chi connectivity index (χ2n) is 7.47. The minimum absolute atomic E-state index is 0.0669. The third-order valence-electron chi connectivity index (χ3n) is 5.22. The lowest BCUT2D eigenvalue weighted by Crippen LogP contribution is -2.29. The van der Waals surface area contributed by atoms with Gasteiger partial charge in [-0.2, -0.15) is 0 Å². The average Bonchev–Trinajstić information content (AvgIpc) is 2.70. The van der Waals surface area contributed by atoms with Gasteiger partial charge in [0.15, 0.2) is 0 Å². The number of nitrogens with one attached hydrogen (secondary N) is 1. The molecule has 4 nitrogen and oxygen atoms in total. The molecule has 152 valence electrons. The Hall–Kier alpha value is -2.17. The molecule has 0 aliphatic heterocycles. The molecule has 0 heterocycles. The smallest absolute Gasteiger partial charge is 0.255 e. The number of carbonyl (C=O) groups is 1. The molecule has 1 N–H and O–H groups in total. The summed E-state index contributed by atoms with van der Waals surface area (Å²) in [4.78, 5) is 17.4. The average molecular weight is 382 g/mol. The molecular weight excluding hydrogens is 346 g/mol. The number of nitrogens with zero attached hydrogens (tertiary/aromatic N) is 2. The van der Waals surface area contributed by atoms with Gasteiger partial charge in [-0.05, 0) is 68.9 Å². The highest BCUT2D eigenvalue weighted by Gasteiger charge is 2.10. The van der Waals surface area contributed by atoms with Gasteiger partial charge in [-0.15, -0.1) is 0 Å². The first-order chi connectivity index (χ1) is 13.5. The van der Waals surface area contributed by atoms with Gasteiger partial charge in [-0.25, -0.2) is 0 Å². The van der Waals surface area contributed by atoms with Crippen LogP contribution in [0.3, 0.4) is 0 Å². The van der Waals surface area contributed by atoms with E-state index in [-0.39, 0.29) is 5.91 Å². The summed E-state index contributed by atoms with van der Waals surface area (Å²) >= 11 is 0. The predicted molar refractivity (Wildman–Crippen MR) is 119 cm³/mol. The Bertz CT molecular complexity index is 736. The number of benzene rings is 2. The number of hydrogen-bond donors (Lipinski definition) is 1. The van der Waals surface area contributed by atoms with Gasteiger partial charge >= 0.3 is 0 Å². The standard InChI is InChI=1S/C24H35N3O/c1-6-26(7-2)17-21-10-9-11-23(16-21)25-24(28)22-14-12-20(13-15-22)18-27(8-3)19(4)5/h9-16,19H,6-8,17-18H2,1-5H3,(H,25,28). The Morgan fingerprint density at radius 1 is 0.893 bits per heavy atom. The monoisotopic (exact) mass is 381 g/mol. The van der Waals surface area contributed by atoms with Crippen molar-refractivity contribution in [3.05, 3.63) is 65.2 Å². The molecule has 0 fully saturated rings. The Labute approximate surface area is 170 Å². The largest absolute Gasteiger partial charge is 0.322 e. The summed E-state index contributed by atoms with van der Waals surface area (Å²) in [5.41, 5.74) is 3.97. The molecule has 28 heavy (non-hydrogen) atoms. The Morgan fingerprint density at radius 3 is 2.14 bits per heavy atom. The lowest BCUT2D eigenvalue weighted by Gasteiger charge is -2.24. The second-order valence-corrected chi connectivity index (χ2v) is 7.47. The first-order valence-electron chi connectivity index (χ1n) is 10.4. The third kappa shape index (κ3) is 6.47. The predicted octanol–water partition coefficient (Wildman–Crippen LogP) is 5.01. The molecular formula is C24H35N3O. The summed E-state index contributed by atoms with van der Waals surface area (Å²) in [7, 11) is 0. The quantitative estimate of drug-likeness (QED) is 0.628. The molecule has 0 aromatic heterocycles. The Kier molecular flexibility index (Phi) is 8.68. The number of carbonyl (C=O) groups excluding carboxylic acids is 1. The van der Waals surface area contributed by atoms with E-state index in [2.05, 4.69) is 74.0 Å². The van der Waals surface area contributed by atoms with Crippen molar-refractivity contribution in [2.75, 3.05) is 25.0 Å². The highest BCUT2D eigenvalue weighted by Crippen LogP contribution is 2.15. The van der Waals surface area contributed by atoms with Crippen LogP contribution in [0.2, 0.25) is 0 Å². The van der Waals surface area contributed by atoms with Crippen molar-refractivity contribution in [3.63, 3.8) is 0 Å². The first kappa shape index (κ1) is 22.1. The van der Waals surface area contributed by atoms with E-state index < -0.39 is 0 Å². The zero-order valence-corrected chi connectivity index (χ0v) is 18.0. The summed E-state index contributed by atoms with van der Waals surface area (Å²) in [5, 5.41) is 3.03. The number of hydrogen-bond acceptors (Lipinski definition) is 3. The van der Waals surface area contributed by atoms with Crippen molar-refractivity contribution in [1.29, 1.82) is 0 Å². The molecule has 0 atom stereocenters. The van der Waals surface area contributed by atoms with E-state index in [1.54, 1.807) is 0 Å². The lowest BCUT2D eigenvalue weighted by molar-refractivity contribution is 0.102. The number of rotatable bonds is 10. The van der Waals surface area contributed by atoms with Crippen LogP contribution in [-0.2, 0) is 13.1 Å². The summed E-state index contributed by atoms with van der Waals surface area (Å²) < 4.78 is 0. The topological polar surface area (TPSA) is 35.6 Å². The molecule has 0 saturated carbocycles. The third-order valence-corrected chi connectivity index (χ3v) is 5.22. The van der Waals surface area contributed by atoms with E-state index in [1.807, 2.05) is 24.3 Å². The van der Waals surface area contributed by atoms with Crippen LogP contribution in [0.1, 0.15) is 56.1 Å². The number of amides is 1. The minimum atomic E-state index is -0.0669. The lowest BCUT2D eigenvalue weighted by atomic mass is 10.1. The van der Waals surface area contributed by atoms with E-state index in [9.17, 15) is 4.79 Å². The fraction of sp³-hybridized carbons (Fsp3) is 0.458. The minimum Gasteiger partial charge on any atom is -0.322 e. The van der Waals surface area contributed by atoms with Gasteiger partial charge in [-0.1, -0.05) is 45.0 Å². The van der Waals surface area contributed by atoms with Gasteiger partial charge in [0.1, 0.15) is 0 Å². The van der Waals surface area contributed by atoms with Crippen molar-refractivity contribution < 1.29 is 4.79 Å². The first-order valence-corrected chi connectivity index (χ1v) is 10.4. The molecule has 0 spiro atoms. The molecule has 0 aliphatic carbocycles. The molecule has 2 rings (SSSR count). The van der Waals surface area contributed by atoms with Crippen molar-refractivity contribution in [2.45, 2.75) is 53.8 Å². The molecule has 0 saturated heterocycles. The maximum Gasteiger partial charge on any atom is 0.255 e. The maximum atomic E-state index is 12.6. The summed E-state index contributed by atoms with van der Waals surface area (Å²) in [6, 6.07) is 16.6. The normalized spacial score (nSPS) is 11.4. The van der Waals surface area contributed by atoms with Crippen LogP contribution >= 0.6 is 0 Å². The van der Waals surface area contributed by atoms with E-state index in [1.165, 1.54) is 11.1 Å². The fourth-order valence-corrected chi connectivity index (χ4v) is 3.31. The fourth-order valence-electron chi connectivity index (χ4n) is 3.31. The van der Waals surface area contributed by atoms with Crippen molar-refractivity contribution in [1.82, 2.24) is 9.80 Å². The molecule has 2 aromatic carbocycles. The van der Waals surface area contributed by atoms with E-state index in [0.717, 1.165) is 38.4 Å². The zero-order valence-electron chi connectivity index (χ0n) is 18.0. The van der Waals surface area contributed by atoms with Gasteiger partial charge in [-0.3, -0.25) is 14.6 Å². The summed E-state index contributed by atoms with van der Waals surface area (Å²) in [5.74, 6) is -0.0669. The number of anilines is 1. The highest BCUT2D eigenvalue weighted by molar-refractivity contribution is 6.04. The highest BCUT2D eigenvalue weighted by atomic mass is 16.1. The molecule has 0 bridgehead atoms. The van der Waals surface area contributed by atoms with Crippen LogP contribution in [0.25, 0.3) is 0 Å². The van der Waals surface area contributed by atoms with Gasteiger partial charge in [0.05, 0.1) is 0 Å². The molecule has 0 radical (unpaired) electrons. The van der Waals surface area contributed by atoms with Gasteiger partial charge in [0.25, 0.3) is 5.91 Å². The van der Waals surface area contributed by atoms with E-state index in [0.29, 0.717) is 11.6 Å². The molecule has 0 unspecified atom stereocenters. The Morgan fingerprint density at radius 2 is 1.57 bits per heavy atom. The molecule has 4 heteroatoms. The van der Waals surface area contributed by atoms with Crippen LogP contribution in [0.4, 0.5) is 5.69 Å². The van der Waals surface area contributed by atoms with Crippen molar-refractivity contribution >= 4 is 11.6 Å². The maximum absolute atomic E-state index is 12.6. The van der Waals surface area contributed by atoms with Crippen LogP contribution in [0, 0.1) is 0 Å². The SMILES string of the molecule is CCN(CC)Cc1cccc(NC(=O)c2ccc(CN(CC)C(C)C)cc2)c1. The van der Waals surface area contributed by atoms with E-state index in [4.69, 9.17) is 0 Å². The van der Waals surface area contributed by atoms with Crippen LogP contribution in [0.5, 0.6) is 0 Å². The summed E-state index contributed by atoms with van der Waals surface area (Å²) in [6.45, 7) is 15.8. The van der Waals surface area contributed by atoms with Crippen molar-refractivity contribution in [2.24, 2.45) is 0 Å². The van der Waals surface area contributed by atoms with Crippen molar-refractivity contribution in [3.8, 4) is 0 Å². The van der Waals surface area contributed by atoms with Crippen LogP contribution in [0.15, 0.2) is 48.5 Å². The summed E-state index contributed by atoms with van der Waals surface area (Å²) in [6.07, 6.45) is 0. The van der Waals surface area contributed by atoms with Crippen LogP contribution < -0.4 is 5.32 Å². The van der Waals surface area contributed by atoms with Gasteiger partial charge in [0.2, 0.25) is 0 Å². The molecule has 0 aliphatic rings. The van der Waals surface area contributed by atoms with Gasteiger partial charge < -0.3 is 5.32 Å². The van der Waals surface area contributed by atoms with E-state index >= 15 is 0 Å². The van der Waals surface area contributed by atoms with Crippen LogP contribution in [-0.4, -0.2) is 41.4 Å².